The summed E-state index contributed by atoms with van der Waals surface area (Å²) in [5, 5.41) is 2.96. The van der Waals surface area contributed by atoms with Crippen molar-refractivity contribution in [3.05, 3.63) is 48.3 Å². The molecule has 0 saturated carbocycles. The van der Waals surface area contributed by atoms with Crippen LogP contribution in [0, 0.1) is 0 Å². The van der Waals surface area contributed by atoms with Crippen molar-refractivity contribution in [2.75, 3.05) is 5.32 Å². The van der Waals surface area contributed by atoms with E-state index in [-0.39, 0.29) is 10.7 Å². The first kappa shape index (κ1) is 14.1. The highest BCUT2D eigenvalue weighted by molar-refractivity contribution is 7.80. The monoisotopic (exact) mass is 295 g/mol. The van der Waals surface area contributed by atoms with Crippen molar-refractivity contribution in [1.29, 1.82) is 0 Å². The van der Waals surface area contributed by atoms with Crippen LogP contribution < -0.4 is 15.8 Å². The van der Waals surface area contributed by atoms with Gasteiger partial charge in [-0.05, 0) is 24.3 Å². The van der Waals surface area contributed by atoms with Gasteiger partial charge >= 0.3 is 6.61 Å². The summed E-state index contributed by atoms with van der Waals surface area (Å²) in [5.74, 6) is 0.0520. The number of nitrogens with two attached hydrogens (primary N) is 1. The molecule has 0 aliphatic heterocycles. The number of alkyl halides is 2. The Labute approximate surface area is 119 Å². The van der Waals surface area contributed by atoms with Gasteiger partial charge in [0.15, 0.2) is 0 Å². The van der Waals surface area contributed by atoms with E-state index >= 15 is 0 Å². The Bertz CT molecular complexity index is 622. The first-order valence-electron chi connectivity index (χ1n) is 5.63. The van der Waals surface area contributed by atoms with Crippen LogP contribution in [0.2, 0.25) is 0 Å². The van der Waals surface area contributed by atoms with Crippen LogP contribution in [0.5, 0.6) is 5.75 Å². The normalized spacial score (nSPS) is 10.3. The van der Waals surface area contributed by atoms with Crippen molar-refractivity contribution in [2.45, 2.75) is 6.61 Å². The Morgan fingerprint density at radius 2 is 2.05 bits per heavy atom. The number of halogens is 2. The Balaban J connectivity index is 2.25. The number of pyridine rings is 1. The number of para-hydroxylation sites is 2. The van der Waals surface area contributed by atoms with Crippen molar-refractivity contribution in [3.8, 4) is 5.75 Å². The third kappa shape index (κ3) is 3.61. The van der Waals surface area contributed by atoms with E-state index in [0.717, 1.165) is 0 Å². The molecule has 0 atom stereocenters. The zero-order valence-corrected chi connectivity index (χ0v) is 11.0. The average Bonchev–Trinajstić information content (AvgIpc) is 2.41. The molecule has 20 heavy (non-hydrogen) atoms. The van der Waals surface area contributed by atoms with Gasteiger partial charge in [0.25, 0.3) is 0 Å². The molecule has 2 rings (SSSR count). The lowest BCUT2D eigenvalue weighted by atomic mass is 10.2. The van der Waals surface area contributed by atoms with Crippen LogP contribution >= 0.6 is 12.2 Å². The number of nitrogens with one attached hydrogen (secondary N) is 1. The molecule has 4 nitrogen and oxygen atoms in total. The Morgan fingerprint density at radius 1 is 1.30 bits per heavy atom. The molecule has 0 radical (unpaired) electrons. The summed E-state index contributed by atoms with van der Waals surface area (Å²) in [6.07, 6.45) is 1.52. The summed E-state index contributed by atoms with van der Waals surface area (Å²) in [4.78, 5) is 4.15. The van der Waals surface area contributed by atoms with Gasteiger partial charge in [0.2, 0.25) is 0 Å². The minimum Gasteiger partial charge on any atom is -0.433 e. The molecule has 0 spiro atoms. The fourth-order valence-corrected chi connectivity index (χ4v) is 1.68. The van der Waals surface area contributed by atoms with Gasteiger partial charge in [-0.2, -0.15) is 8.78 Å². The molecular formula is C13H11F2N3OS. The van der Waals surface area contributed by atoms with Gasteiger partial charge in [-0.3, -0.25) is 4.98 Å². The van der Waals surface area contributed by atoms with Crippen LogP contribution in [0.15, 0.2) is 42.6 Å². The van der Waals surface area contributed by atoms with E-state index in [1.165, 1.54) is 12.3 Å². The number of hydrogen-bond acceptors (Lipinski definition) is 4. The van der Waals surface area contributed by atoms with Gasteiger partial charge in [-0.15, -0.1) is 0 Å². The standard InChI is InChI=1S/C13H11F2N3OS/c14-13(15)19-11-4-2-1-3-9(11)18-8-5-6-17-10(7-8)12(16)20/h1-7,13H,(H2,16,20)(H,17,18). The maximum atomic E-state index is 12.3. The number of thiocarbonyl (C=S) groups is 1. The lowest BCUT2D eigenvalue weighted by molar-refractivity contribution is -0.0493. The van der Waals surface area contributed by atoms with Crippen molar-refractivity contribution in [1.82, 2.24) is 4.98 Å². The van der Waals surface area contributed by atoms with E-state index in [2.05, 4.69) is 15.0 Å². The Kier molecular flexibility index (Phi) is 4.41. The molecule has 104 valence electrons. The minimum absolute atomic E-state index is 0.0520. The van der Waals surface area contributed by atoms with Gasteiger partial charge in [0.05, 0.1) is 11.4 Å². The van der Waals surface area contributed by atoms with Gasteiger partial charge in [-0.25, -0.2) is 0 Å². The second-order valence-electron chi connectivity index (χ2n) is 3.79. The fraction of sp³-hybridized carbons (Fsp3) is 0.0769. The average molecular weight is 295 g/mol. The Morgan fingerprint density at radius 3 is 2.75 bits per heavy atom. The summed E-state index contributed by atoms with van der Waals surface area (Å²) < 4.78 is 29.1. The molecule has 2 aromatic rings. The topological polar surface area (TPSA) is 60.2 Å². The summed E-state index contributed by atoms with van der Waals surface area (Å²) in [5.41, 5.74) is 6.96. The molecule has 0 saturated heterocycles. The maximum Gasteiger partial charge on any atom is 0.387 e. The lowest BCUT2D eigenvalue weighted by Gasteiger charge is -2.12. The number of anilines is 2. The molecule has 0 aliphatic carbocycles. The SMILES string of the molecule is NC(=S)c1cc(Nc2ccccc2OC(F)F)ccn1. The molecule has 0 amide bonds. The first-order valence-corrected chi connectivity index (χ1v) is 6.04. The molecule has 0 unspecified atom stereocenters. The molecule has 7 heteroatoms. The number of rotatable bonds is 5. The van der Waals surface area contributed by atoms with Crippen molar-refractivity contribution >= 4 is 28.6 Å². The molecule has 3 N–H and O–H groups in total. The molecule has 0 bridgehead atoms. The fourth-order valence-electron chi connectivity index (χ4n) is 1.57. The third-order valence-electron chi connectivity index (χ3n) is 2.39. The second-order valence-corrected chi connectivity index (χ2v) is 4.23. The zero-order chi connectivity index (χ0) is 14.5. The van der Waals surface area contributed by atoms with E-state index in [0.29, 0.717) is 17.1 Å². The van der Waals surface area contributed by atoms with Crippen molar-refractivity contribution in [2.24, 2.45) is 5.73 Å². The minimum atomic E-state index is -2.89. The highest BCUT2D eigenvalue weighted by atomic mass is 32.1. The van der Waals surface area contributed by atoms with Crippen molar-refractivity contribution in [3.63, 3.8) is 0 Å². The van der Waals surface area contributed by atoms with Crippen LogP contribution in [0.25, 0.3) is 0 Å². The van der Waals surface area contributed by atoms with Crippen LogP contribution in [0.3, 0.4) is 0 Å². The van der Waals surface area contributed by atoms with E-state index in [1.54, 1.807) is 30.3 Å². The largest absolute Gasteiger partial charge is 0.433 e. The molecule has 1 heterocycles. The second kappa shape index (κ2) is 6.25. The smallest absolute Gasteiger partial charge is 0.387 e. The highest BCUT2D eigenvalue weighted by Crippen LogP contribution is 2.28. The van der Waals surface area contributed by atoms with Gasteiger partial charge in [-0.1, -0.05) is 24.4 Å². The predicted molar refractivity (Wildman–Crippen MR) is 76.5 cm³/mol. The van der Waals surface area contributed by atoms with Crippen LogP contribution in [-0.4, -0.2) is 16.6 Å². The van der Waals surface area contributed by atoms with E-state index in [9.17, 15) is 8.78 Å². The number of ether oxygens (including phenoxy) is 1. The van der Waals surface area contributed by atoms with E-state index in [1.807, 2.05) is 0 Å². The summed E-state index contributed by atoms with van der Waals surface area (Å²) >= 11 is 4.83. The summed E-state index contributed by atoms with van der Waals surface area (Å²) in [6.45, 7) is -2.89. The van der Waals surface area contributed by atoms with Gasteiger partial charge in [0, 0.05) is 11.9 Å². The van der Waals surface area contributed by atoms with E-state index in [4.69, 9.17) is 18.0 Å². The van der Waals surface area contributed by atoms with Crippen LogP contribution in [0.1, 0.15) is 5.69 Å². The third-order valence-corrected chi connectivity index (χ3v) is 2.60. The number of aromatic nitrogens is 1. The molecule has 0 aliphatic rings. The van der Waals surface area contributed by atoms with E-state index < -0.39 is 6.61 Å². The number of hydrogen-bond donors (Lipinski definition) is 2. The Hall–Kier alpha value is -2.28. The van der Waals surface area contributed by atoms with Gasteiger partial charge < -0.3 is 15.8 Å². The predicted octanol–water partition coefficient (Wildman–Crippen LogP) is 3.06. The maximum absolute atomic E-state index is 12.3. The first-order chi connectivity index (χ1) is 9.56. The molecule has 1 aromatic carbocycles. The quantitative estimate of drug-likeness (QED) is 0.830. The number of nitrogens with zero attached hydrogens (tertiary/aromatic N) is 1. The highest BCUT2D eigenvalue weighted by Gasteiger charge is 2.09. The summed E-state index contributed by atoms with van der Waals surface area (Å²) in [7, 11) is 0. The number of benzene rings is 1. The van der Waals surface area contributed by atoms with Crippen LogP contribution in [0.4, 0.5) is 20.2 Å². The summed E-state index contributed by atoms with van der Waals surface area (Å²) in [6, 6.07) is 9.68. The molecule has 1 aromatic heterocycles. The van der Waals surface area contributed by atoms with Gasteiger partial charge in [0.1, 0.15) is 10.7 Å². The van der Waals surface area contributed by atoms with Crippen LogP contribution in [-0.2, 0) is 0 Å². The lowest BCUT2D eigenvalue weighted by Crippen LogP contribution is -2.11. The van der Waals surface area contributed by atoms with Crippen molar-refractivity contribution < 1.29 is 13.5 Å². The molecule has 0 fully saturated rings. The molecular weight excluding hydrogens is 284 g/mol. The zero-order valence-electron chi connectivity index (χ0n) is 10.2.